The molecule has 1 heterocycles. The maximum absolute atomic E-state index is 12.0. The molecule has 3 aromatic rings. The van der Waals surface area contributed by atoms with Crippen molar-refractivity contribution < 1.29 is 14.3 Å². The summed E-state index contributed by atoms with van der Waals surface area (Å²) >= 11 is 1.26. The van der Waals surface area contributed by atoms with E-state index < -0.39 is 6.03 Å². The fraction of sp³-hybridized carbons (Fsp3) is 0.118. The van der Waals surface area contributed by atoms with Crippen LogP contribution in [0.5, 0.6) is 11.5 Å². The van der Waals surface area contributed by atoms with Crippen molar-refractivity contribution >= 4 is 28.2 Å². The number of carbonyl (C=O) groups is 1. The standard InChI is InChI=1S/C17H16N4O3S/c1-23-13-9-7-12(8-10-13)18-16(22)19-17-21-20-15(25-17)11-24-14-5-3-2-4-6-14/h2-10H,11H2,1H3,(H2,18,19,21,22). The molecule has 0 fully saturated rings. The Hall–Kier alpha value is -3.13. The van der Waals surface area contributed by atoms with Crippen LogP contribution < -0.4 is 20.1 Å². The molecule has 3 rings (SSSR count). The van der Waals surface area contributed by atoms with Gasteiger partial charge in [0.25, 0.3) is 0 Å². The average Bonchev–Trinajstić information content (AvgIpc) is 3.08. The molecule has 128 valence electrons. The predicted molar refractivity (Wildman–Crippen MR) is 96.3 cm³/mol. The number of nitrogens with one attached hydrogen (secondary N) is 2. The van der Waals surface area contributed by atoms with Crippen molar-refractivity contribution in [1.82, 2.24) is 10.2 Å². The van der Waals surface area contributed by atoms with Crippen LogP contribution in [-0.4, -0.2) is 23.3 Å². The summed E-state index contributed by atoms with van der Waals surface area (Å²) in [5.41, 5.74) is 0.649. The molecule has 0 atom stereocenters. The minimum atomic E-state index is -0.392. The second-order valence-electron chi connectivity index (χ2n) is 4.91. The minimum Gasteiger partial charge on any atom is -0.497 e. The van der Waals surface area contributed by atoms with E-state index >= 15 is 0 Å². The Morgan fingerprint density at radius 2 is 1.76 bits per heavy atom. The van der Waals surface area contributed by atoms with Crippen LogP contribution in [0.15, 0.2) is 54.6 Å². The van der Waals surface area contributed by atoms with E-state index in [1.807, 2.05) is 30.3 Å². The summed E-state index contributed by atoms with van der Waals surface area (Å²) in [7, 11) is 1.59. The van der Waals surface area contributed by atoms with Gasteiger partial charge in [-0.1, -0.05) is 29.5 Å². The first-order chi connectivity index (χ1) is 12.2. The van der Waals surface area contributed by atoms with Crippen LogP contribution in [0.1, 0.15) is 5.01 Å². The number of hydrogen-bond donors (Lipinski definition) is 2. The highest BCUT2D eigenvalue weighted by Gasteiger charge is 2.09. The van der Waals surface area contributed by atoms with Crippen molar-refractivity contribution in [3.05, 3.63) is 59.6 Å². The Kier molecular flexibility index (Phi) is 5.43. The average molecular weight is 356 g/mol. The lowest BCUT2D eigenvalue weighted by atomic mass is 10.3. The number of rotatable bonds is 6. The van der Waals surface area contributed by atoms with E-state index in [1.54, 1.807) is 31.4 Å². The molecule has 0 saturated carbocycles. The van der Waals surface area contributed by atoms with Crippen LogP contribution in [0.4, 0.5) is 15.6 Å². The Labute approximate surface area is 148 Å². The van der Waals surface area contributed by atoms with Crippen molar-refractivity contribution in [2.45, 2.75) is 6.61 Å². The number of aromatic nitrogens is 2. The molecule has 1 aromatic heterocycles. The van der Waals surface area contributed by atoms with Gasteiger partial charge in [-0.15, -0.1) is 10.2 Å². The Balaban J connectivity index is 1.50. The highest BCUT2D eigenvalue weighted by atomic mass is 32.1. The van der Waals surface area contributed by atoms with Gasteiger partial charge in [-0.05, 0) is 36.4 Å². The SMILES string of the molecule is COc1ccc(NC(=O)Nc2nnc(COc3ccccc3)s2)cc1. The van der Waals surface area contributed by atoms with Gasteiger partial charge in [-0.3, -0.25) is 5.32 Å². The molecule has 0 aliphatic rings. The largest absolute Gasteiger partial charge is 0.497 e. The smallest absolute Gasteiger partial charge is 0.325 e. The van der Waals surface area contributed by atoms with E-state index in [2.05, 4.69) is 20.8 Å². The van der Waals surface area contributed by atoms with Crippen molar-refractivity contribution in [3.63, 3.8) is 0 Å². The fourth-order valence-electron chi connectivity index (χ4n) is 1.96. The number of carbonyl (C=O) groups excluding carboxylic acids is 1. The number of amides is 2. The van der Waals surface area contributed by atoms with Crippen molar-refractivity contribution in [3.8, 4) is 11.5 Å². The van der Waals surface area contributed by atoms with Crippen LogP contribution in [0.25, 0.3) is 0 Å². The molecule has 0 radical (unpaired) electrons. The summed E-state index contributed by atoms with van der Waals surface area (Å²) < 4.78 is 10.7. The van der Waals surface area contributed by atoms with Gasteiger partial charge in [-0.25, -0.2) is 4.79 Å². The van der Waals surface area contributed by atoms with Crippen LogP contribution in [0.3, 0.4) is 0 Å². The molecule has 2 aromatic carbocycles. The number of methoxy groups -OCH3 is 1. The maximum Gasteiger partial charge on any atom is 0.325 e. The second kappa shape index (κ2) is 8.11. The summed E-state index contributed by atoms with van der Waals surface area (Å²) in [5.74, 6) is 1.47. The molecule has 0 unspecified atom stereocenters. The Morgan fingerprint density at radius 1 is 1.00 bits per heavy atom. The molecule has 7 nitrogen and oxygen atoms in total. The molecule has 0 bridgehead atoms. The number of urea groups is 1. The van der Waals surface area contributed by atoms with E-state index in [9.17, 15) is 4.79 Å². The van der Waals surface area contributed by atoms with Crippen LogP contribution in [-0.2, 0) is 6.61 Å². The van der Waals surface area contributed by atoms with Gasteiger partial charge in [0.15, 0.2) is 5.01 Å². The van der Waals surface area contributed by atoms with Gasteiger partial charge in [0, 0.05) is 5.69 Å². The summed E-state index contributed by atoms with van der Waals surface area (Å²) in [4.78, 5) is 12.0. The quantitative estimate of drug-likeness (QED) is 0.702. The molecule has 2 amide bonds. The van der Waals surface area contributed by atoms with Gasteiger partial charge < -0.3 is 14.8 Å². The molecular weight excluding hydrogens is 340 g/mol. The summed E-state index contributed by atoms with van der Waals surface area (Å²) in [6, 6.07) is 16.1. The zero-order valence-corrected chi connectivity index (χ0v) is 14.2. The van der Waals surface area contributed by atoms with Crippen LogP contribution in [0, 0.1) is 0 Å². The van der Waals surface area contributed by atoms with Crippen LogP contribution >= 0.6 is 11.3 Å². The van der Waals surface area contributed by atoms with Crippen LogP contribution in [0.2, 0.25) is 0 Å². The highest BCUT2D eigenvalue weighted by molar-refractivity contribution is 7.15. The monoisotopic (exact) mass is 356 g/mol. The molecule has 2 N–H and O–H groups in total. The number of ether oxygens (including phenoxy) is 2. The zero-order valence-electron chi connectivity index (χ0n) is 13.4. The van der Waals surface area contributed by atoms with E-state index in [4.69, 9.17) is 9.47 Å². The third kappa shape index (κ3) is 4.92. The lowest BCUT2D eigenvalue weighted by molar-refractivity contribution is 0.262. The third-order valence-corrected chi connectivity index (χ3v) is 3.95. The van der Waals surface area contributed by atoms with Crippen molar-refractivity contribution in [1.29, 1.82) is 0 Å². The summed E-state index contributed by atoms with van der Waals surface area (Å²) in [5, 5.41) is 14.4. The first-order valence-electron chi connectivity index (χ1n) is 7.45. The molecular formula is C17H16N4O3S. The lowest BCUT2D eigenvalue weighted by Gasteiger charge is -2.06. The van der Waals surface area contributed by atoms with E-state index in [0.717, 1.165) is 11.5 Å². The normalized spacial score (nSPS) is 10.1. The van der Waals surface area contributed by atoms with Gasteiger partial charge in [0.1, 0.15) is 18.1 Å². The molecule has 0 aliphatic heterocycles. The fourth-order valence-corrected chi connectivity index (χ4v) is 2.61. The number of hydrogen-bond acceptors (Lipinski definition) is 6. The van der Waals surface area contributed by atoms with Crippen molar-refractivity contribution in [2.24, 2.45) is 0 Å². The van der Waals surface area contributed by atoms with Gasteiger partial charge in [0.2, 0.25) is 5.13 Å². The van der Waals surface area contributed by atoms with Gasteiger partial charge >= 0.3 is 6.03 Å². The first kappa shape index (κ1) is 16.7. The molecule has 0 spiro atoms. The van der Waals surface area contributed by atoms with E-state index in [1.165, 1.54) is 11.3 Å². The number of para-hydroxylation sites is 1. The lowest BCUT2D eigenvalue weighted by Crippen LogP contribution is -2.19. The highest BCUT2D eigenvalue weighted by Crippen LogP contribution is 2.19. The summed E-state index contributed by atoms with van der Waals surface area (Å²) in [6.45, 7) is 0.295. The molecule has 8 heteroatoms. The van der Waals surface area contributed by atoms with Gasteiger partial charge in [-0.2, -0.15) is 0 Å². The third-order valence-electron chi connectivity index (χ3n) is 3.14. The number of anilines is 2. The van der Waals surface area contributed by atoms with Crippen molar-refractivity contribution in [2.75, 3.05) is 17.7 Å². The van der Waals surface area contributed by atoms with E-state index in [-0.39, 0.29) is 0 Å². The number of nitrogens with zero attached hydrogens (tertiary/aromatic N) is 2. The number of benzene rings is 2. The minimum absolute atomic E-state index is 0.295. The van der Waals surface area contributed by atoms with Gasteiger partial charge in [0.05, 0.1) is 7.11 Å². The Morgan fingerprint density at radius 3 is 2.48 bits per heavy atom. The van der Waals surface area contributed by atoms with E-state index in [0.29, 0.717) is 22.4 Å². The zero-order chi connectivity index (χ0) is 17.5. The second-order valence-corrected chi connectivity index (χ2v) is 5.97. The maximum atomic E-state index is 12.0. The predicted octanol–water partition coefficient (Wildman–Crippen LogP) is 3.77. The summed E-state index contributed by atoms with van der Waals surface area (Å²) in [6.07, 6.45) is 0. The molecule has 0 aliphatic carbocycles. The Bertz CT molecular complexity index is 821. The molecule has 25 heavy (non-hydrogen) atoms. The first-order valence-corrected chi connectivity index (χ1v) is 8.27. The topological polar surface area (TPSA) is 85.4 Å². The molecule has 0 saturated heterocycles.